The van der Waals surface area contributed by atoms with Gasteiger partial charge < -0.3 is 9.47 Å². The lowest BCUT2D eigenvalue weighted by atomic mass is 10.2. The lowest BCUT2D eigenvalue weighted by Crippen LogP contribution is -2.14. The highest BCUT2D eigenvalue weighted by Gasteiger charge is 2.19. The first-order chi connectivity index (χ1) is 11.8. The van der Waals surface area contributed by atoms with Crippen molar-refractivity contribution in [3.8, 4) is 0 Å². The van der Waals surface area contributed by atoms with Gasteiger partial charge in [0, 0.05) is 5.69 Å². The van der Waals surface area contributed by atoms with Crippen LogP contribution in [-0.2, 0) is 19.5 Å². The molecule has 0 atom stereocenters. The molecule has 0 heterocycles. The van der Waals surface area contributed by atoms with Crippen LogP contribution in [0.4, 0.5) is 5.69 Å². The molecule has 0 fully saturated rings. The normalized spacial score (nSPS) is 10.8. The maximum atomic E-state index is 12.5. The number of benzene rings is 2. The number of carbonyl (C=O) groups is 2. The average Bonchev–Trinajstić information content (AvgIpc) is 2.60. The second-order valence-corrected chi connectivity index (χ2v) is 6.90. The largest absolute Gasteiger partial charge is 0.465 e. The molecule has 7 nitrogen and oxygen atoms in total. The van der Waals surface area contributed by atoms with Gasteiger partial charge in [0.25, 0.3) is 10.0 Å². The second-order valence-electron chi connectivity index (χ2n) is 4.81. The van der Waals surface area contributed by atoms with E-state index in [-0.39, 0.29) is 26.7 Å². The Kier molecular flexibility index (Phi) is 5.66. The van der Waals surface area contributed by atoms with Gasteiger partial charge in [0.05, 0.1) is 35.3 Å². The number of esters is 2. The van der Waals surface area contributed by atoms with Gasteiger partial charge in [-0.25, -0.2) is 18.0 Å². The third-order valence-corrected chi connectivity index (χ3v) is 4.90. The molecule has 0 aliphatic heterocycles. The number of anilines is 1. The minimum atomic E-state index is -4.01. The quantitative estimate of drug-likeness (QED) is 0.797. The van der Waals surface area contributed by atoms with Crippen LogP contribution in [0.5, 0.6) is 0 Å². The van der Waals surface area contributed by atoms with Crippen molar-refractivity contribution >= 4 is 39.3 Å². The zero-order valence-corrected chi connectivity index (χ0v) is 14.8. The van der Waals surface area contributed by atoms with Gasteiger partial charge in [-0.1, -0.05) is 17.7 Å². The fraction of sp³-hybridized carbons (Fsp3) is 0.125. The summed E-state index contributed by atoms with van der Waals surface area (Å²) in [5, 5.41) is 0.0680. The fourth-order valence-corrected chi connectivity index (χ4v) is 3.25. The van der Waals surface area contributed by atoms with Crippen LogP contribution in [0.1, 0.15) is 20.7 Å². The predicted octanol–water partition coefficient (Wildman–Crippen LogP) is 2.71. The number of methoxy groups -OCH3 is 2. The van der Waals surface area contributed by atoms with Gasteiger partial charge in [0.2, 0.25) is 0 Å². The van der Waals surface area contributed by atoms with E-state index >= 15 is 0 Å². The van der Waals surface area contributed by atoms with E-state index in [9.17, 15) is 18.0 Å². The predicted molar refractivity (Wildman–Crippen MR) is 91.4 cm³/mol. The summed E-state index contributed by atoms with van der Waals surface area (Å²) >= 11 is 5.88. The van der Waals surface area contributed by atoms with E-state index in [0.29, 0.717) is 0 Å². The van der Waals surface area contributed by atoms with Crippen molar-refractivity contribution in [1.82, 2.24) is 0 Å². The third-order valence-electron chi connectivity index (χ3n) is 3.19. The minimum absolute atomic E-state index is 0.0680. The standard InChI is InChI=1S/C16H14ClNO6S/c1-23-15(19)10-4-3-5-11(8-10)18-25(21,22)12-6-7-14(17)13(9-12)16(20)24-2/h3-9,18H,1-2H3. The Hall–Kier alpha value is -2.58. The highest BCUT2D eigenvalue weighted by molar-refractivity contribution is 7.92. The molecule has 0 saturated carbocycles. The number of halogens is 1. The van der Waals surface area contributed by atoms with E-state index in [4.69, 9.17) is 11.6 Å². The Morgan fingerprint density at radius 2 is 1.68 bits per heavy atom. The SMILES string of the molecule is COC(=O)c1cccc(NS(=O)(=O)c2ccc(Cl)c(C(=O)OC)c2)c1. The number of rotatable bonds is 5. The summed E-state index contributed by atoms with van der Waals surface area (Å²) in [6.45, 7) is 0. The highest BCUT2D eigenvalue weighted by Crippen LogP contribution is 2.23. The summed E-state index contributed by atoms with van der Waals surface area (Å²) < 4.78 is 36.5. The number of nitrogens with one attached hydrogen (secondary N) is 1. The summed E-state index contributed by atoms with van der Waals surface area (Å²) in [6.07, 6.45) is 0. The molecule has 0 radical (unpaired) electrons. The van der Waals surface area contributed by atoms with Crippen molar-refractivity contribution in [2.75, 3.05) is 18.9 Å². The van der Waals surface area contributed by atoms with Gasteiger partial charge in [0.1, 0.15) is 0 Å². The van der Waals surface area contributed by atoms with Crippen LogP contribution in [0.3, 0.4) is 0 Å². The molecule has 0 amide bonds. The van der Waals surface area contributed by atoms with Crippen LogP contribution < -0.4 is 4.72 Å². The highest BCUT2D eigenvalue weighted by atomic mass is 35.5. The number of ether oxygens (including phenoxy) is 2. The van der Waals surface area contributed by atoms with Gasteiger partial charge in [-0.05, 0) is 36.4 Å². The van der Waals surface area contributed by atoms with Crippen molar-refractivity contribution in [3.05, 3.63) is 58.6 Å². The second kappa shape index (κ2) is 7.54. The summed E-state index contributed by atoms with van der Waals surface area (Å²) in [5.41, 5.74) is 0.280. The Balaban J connectivity index is 2.37. The Bertz CT molecular complexity index is 926. The van der Waals surface area contributed by atoms with E-state index in [0.717, 1.165) is 13.2 Å². The van der Waals surface area contributed by atoms with Crippen molar-refractivity contribution in [2.45, 2.75) is 4.90 Å². The zero-order valence-electron chi connectivity index (χ0n) is 13.3. The van der Waals surface area contributed by atoms with Crippen molar-refractivity contribution in [3.63, 3.8) is 0 Å². The number of carbonyl (C=O) groups excluding carboxylic acids is 2. The lowest BCUT2D eigenvalue weighted by molar-refractivity contribution is 0.0592. The molecule has 0 aliphatic rings. The van der Waals surface area contributed by atoms with Crippen LogP contribution >= 0.6 is 11.6 Å². The first-order valence-electron chi connectivity index (χ1n) is 6.87. The Morgan fingerprint density at radius 1 is 1.00 bits per heavy atom. The van der Waals surface area contributed by atoms with Gasteiger partial charge in [-0.2, -0.15) is 0 Å². The van der Waals surface area contributed by atoms with E-state index in [2.05, 4.69) is 14.2 Å². The molecule has 25 heavy (non-hydrogen) atoms. The maximum Gasteiger partial charge on any atom is 0.339 e. The van der Waals surface area contributed by atoms with E-state index in [1.165, 1.54) is 43.5 Å². The van der Waals surface area contributed by atoms with E-state index in [1.54, 1.807) is 0 Å². The van der Waals surface area contributed by atoms with Crippen LogP contribution in [-0.4, -0.2) is 34.6 Å². The summed E-state index contributed by atoms with van der Waals surface area (Å²) in [7, 11) is -1.63. The number of hydrogen-bond acceptors (Lipinski definition) is 6. The minimum Gasteiger partial charge on any atom is -0.465 e. The molecule has 0 spiro atoms. The number of hydrogen-bond donors (Lipinski definition) is 1. The van der Waals surface area contributed by atoms with Crippen molar-refractivity contribution < 1.29 is 27.5 Å². The van der Waals surface area contributed by atoms with Gasteiger partial charge in [-0.15, -0.1) is 0 Å². The molecule has 0 saturated heterocycles. The van der Waals surface area contributed by atoms with Crippen LogP contribution in [0, 0.1) is 0 Å². The first kappa shape index (κ1) is 18.8. The topological polar surface area (TPSA) is 98.8 Å². The van der Waals surface area contributed by atoms with Gasteiger partial charge >= 0.3 is 11.9 Å². The molecule has 0 aromatic heterocycles. The molecule has 132 valence electrons. The molecular weight excluding hydrogens is 370 g/mol. The molecule has 2 rings (SSSR count). The first-order valence-corrected chi connectivity index (χ1v) is 8.73. The van der Waals surface area contributed by atoms with Crippen molar-refractivity contribution in [1.29, 1.82) is 0 Å². The monoisotopic (exact) mass is 383 g/mol. The van der Waals surface area contributed by atoms with Gasteiger partial charge in [0.15, 0.2) is 0 Å². The summed E-state index contributed by atoms with van der Waals surface area (Å²) in [6, 6.07) is 9.45. The molecule has 9 heteroatoms. The van der Waals surface area contributed by atoms with Crippen LogP contribution in [0.15, 0.2) is 47.4 Å². The summed E-state index contributed by atoms with van der Waals surface area (Å²) in [4.78, 5) is 23.0. The lowest BCUT2D eigenvalue weighted by Gasteiger charge is -2.10. The molecule has 2 aromatic carbocycles. The Morgan fingerprint density at radius 3 is 2.32 bits per heavy atom. The molecule has 2 aromatic rings. The molecule has 0 unspecified atom stereocenters. The van der Waals surface area contributed by atoms with E-state index in [1.807, 2.05) is 0 Å². The summed E-state index contributed by atoms with van der Waals surface area (Å²) in [5.74, 6) is -1.35. The fourth-order valence-electron chi connectivity index (χ4n) is 1.98. The molecule has 0 bridgehead atoms. The molecular formula is C16H14ClNO6S. The Labute approximate surface area is 149 Å². The van der Waals surface area contributed by atoms with Crippen molar-refractivity contribution in [2.24, 2.45) is 0 Å². The van der Waals surface area contributed by atoms with E-state index < -0.39 is 22.0 Å². The van der Waals surface area contributed by atoms with Gasteiger partial charge in [-0.3, -0.25) is 4.72 Å². The molecule has 1 N–H and O–H groups in total. The molecule has 0 aliphatic carbocycles. The smallest absolute Gasteiger partial charge is 0.339 e. The zero-order chi connectivity index (χ0) is 18.6. The average molecular weight is 384 g/mol. The maximum absolute atomic E-state index is 12.5. The van der Waals surface area contributed by atoms with Crippen LogP contribution in [0.2, 0.25) is 5.02 Å². The third kappa shape index (κ3) is 4.28. The number of sulfonamides is 1. The van der Waals surface area contributed by atoms with Crippen LogP contribution in [0.25, 0.3) is 0 Å².